The number of rotatable bonds is 9. The molecule has 0 spiro atoms. The van der Waals surface area contributed by atoms with Gasteiger partial charge in [-0.25, -0.2) is 0 Å². The molecule has 0 heteroatoms. The highest BCUT2D eigenvalue weighted by Gasteiger charge is 1.87. The highest BCUT2D eigenvalue weighted by atomic mass is 13.9. The van der Waals surface area contributed by atoms with E-state index in [-0.39, 0.29) is 0 Å². The van der Waals surface area contributed by atoms with Crippen molar-refractivity contribution in [2.24, 2.45) is 0 Å². The van der Waals surface area contributed by atoms with E-state index in [4.69, 9.17) is 0 Å². The Labute approximate surface area is 96.5 Å². The second-order valence-corrected chi connectivity index (χ2v) is 4.34. The second kappa shape index (κ2) is 11.6. The molecule has 0 aromatic rings. The van der Waals surface area contributed by atoms with E-state index in [1.165, 1.54) is 56.9 Å². The van der Waals surface area contributed by atoms with Crippen LogP contribution in [0.5, 0.6) is 0 Å². The minimum atomic E-state index is 1.21. The van der Waals surface area contributed by atoms with Crippen molar-refractivity contribution in [3.05, 3.63) is 23.8 Å². The van der Waals surface area contributed by atoms with Crippen LogP contribution in [-0.4, -0.2) is 0 Å². The Morgan fingerprint density at radius 2 is 1.60 bits per heavy atom. The molecular formula is C15H28. The Balaban J connectivity index is 3.41. The van der Waals surface area contributed by atoms with E-state index < -0.39 is 0 Å². The van der Waals surface area contributed by atoms with Gasteiger partial charge in [-0.3, -0.25) is 0 Å². The van der Waals surface area contributed by atoms with Crippen molar-refractivity contribution in [2.45, 2.75) is 72.1 Å². The van der Waals surface area contributed by atoms with E-state index in [1.807, 2.05) is 0 Å². The highest BCUT2D eigenvalue weighted by Crippen LogP contribution is 2.07. The molecule has 15 heavy (non-hydrogen) atoms. The largest absolute Gasteiger partial charge is 0.0843 e. The zero-order valence-corrected chi connectivity index (χ0v) is 10.9. The monoisotopic (exact) mass is 208 g/mol. The summed E-state index contributed by atoms with van der Waals surface area (Å²) in [4.78, 5) is 0. The minimum absolute atomic E-state index is 1.21. The first-order valence-electron chi connectivity index (χ1n) is 6.64. The lowest BCUT2D eigenvalue weighted by molar-refractivity contribution is 0.637. The molecule has 0 radical (unpaired) electrons. The summed E-state index contributed by atoms with van der Waals surface area (Å²) < 4.78 is 0. The summed E-state index contributed by atoms with van der Waals surface area (Å²) >= 11 is 0. The van der Waals surface area contributed by atoms with E-state index in [0.29, 0.717) is 0 Å². The quantitative estimate of drug-likeness (QED) is 0.339. The molecule has 0 unspecified atom stereocenters. The summed E-state index contributed by atoms with van der Waals surface area (Å²) in [5, 5.41) is 0. The molecule has 0 bridgehead atoms. The van der Waals surface area contributed by atoms with Crippen molar-refractivity contribution in [1.29, 1.82) is 0 Å². The summed E-state index contributed by atoms with van der Waals surface area (Å²) in [5.41, 5.74) is 1.43. The molecule has 0 aromatic carbocycles. The van der Waals surface area contributed by atoms with Gasteiger partial charge in [0.2, 0.25) is 0 Å². The van der Waals surface area contributed by atoms with Crippen LogP contribution in [0.3, 0.4) is 0 Å². The van der Waals surface area contributed by atoms with Crippen molar-refractivity contribution < 1.29 is 0 Å². The van der Waals surface area contributed by atoms with Crippen molar-refractivity contribution >= 4 is 0 Å². The molecule has 0 N–H and O–H groups in total. The van der Waals surface area contributed by atoms with E-state index in [0.717, 1.165) is 0 Å². The molecule has 88 valence electrons. The zero-order valence-electron chi connectivity index (χ0n) is 10.9. The summed E-state index contributed by atoms with van der Waals surface area (Å²) in [6.45, 7) is 6.69. The maximum atomic E-state index is 2.37. The molecular weight excluding hydrogens is 180 g/mol. The molecule has 0 aliphatic carbocycles. The molecule has 0 fully saturated rings. The normalized spacial score (nSPS) is 12.6. The van der Waals surface area contributed by atoms with Gasteiger partial charge in [-0.15, -0.1) is 0 Å². The summed E-state index contributed by atoms with van der Waals surface area (Å²) in [6, 6.07) is 0. The Morgan fingerprint density at radius 1 is 0.867 bits per heavy atom. The molecule has 0 amide bonds. The van der Waals surface area contributed by atoms with Gasteiger partial charge in [-0.2, -0.15) is 0 Å². The number of unbranched alkanes of at least 4 members (excludes halogenated alkanes) is 6. The molecule has 0 heterocycles. The van der Waals surface area contributed by atoms with Crippen LogP contribution < -0.4 is 0 Å². The van der Waals surface area contributed by atoms with Crippen LogP contribution in [0.2, 0.25) is 0 Å². The van der Waals surface area contributed by atoms with Crippen molar-refractivity contribution in [3.63, 3.8) is 0 Å². The van der Waals surface area contributed by atoms with Crippen molar-refractivity contribution in [1.82, 2.24) is 0 Å². The molecule has 0 nitrogen and oxygen atoms in total. The lowest BCUT2D eigenvalue weighted by Crippen LogP contribution is -1.77. The van der Waals surface area contributed by atoms with Gasteiger partial charge in [0.1, 0.15) is 0 Å². The number of hydrogen-bond donors (Lipinski definition) is 0. The van der Waals surface area contributed by atoms with Gasteiger partial charge < -0.3 is 0 Å². The van der Waals surface area contributed by atoms with E-state index in [1.54, 1.807) is 0 Å². The first-order chi connectivity index (χ1) is 7.31. The minimum Gasteiger partial charge on any atom is -0.0843 e. The third-order valence-electron chi connectivity index (χ3n) is 2.61. The molecule has 0 rings (SSSR count). The molecule has 0 aromatic heterocycles. The van der Waals surface area contributed by atoms with Gasteiger partial charge in [0, 0.05) is 0 Å². The smallest absolute Gasteiger partial charge is 0.0345 e. The molecule has 0 saturated carbocycles. The second-order valence-electron chi connectivity index (χ2n) is 4.34. The molecule has 0 atom stereocenters. The fourth-order valence-corrected chi connectivity index (χ4v) is 1.58. The maximum Gasteiger partial charge on any atom is -0.0345 e. The summed E-state index contributed by atoms with van der Waals surface area (Å²) in [7, 11) is 0. The van der Waals surface area contributed by atoms with Crippen molar-refractivity contribution in [2.75, 3.05) is 0 Å². The molecule has 0 aliphatic heterocycles. The predicted molar refractivity (Wildman–Crippen MR) is 71.2 cm³/mol. The van der Waals surface area contributed by atoms with Crippen LogP contribution in [0.4, 0.5) is 0 Å². The van der Waals surface area contributed by atoms with Crippen LogP contribution in [0.25, 0.3) is 0 Å². The van der Waals surface area contributed by atoms with E-state index in [9.17, 15) is 0 Å². The average Bonchev–Trinajstić information content (AvgIpc) is 2.23. The fraction of sp³-hybridized carbons (Fsp3) is 0.733. The summed E-state index contributed by atoms with van der Waals surface area (Å²) in [5.74, 6) is 0. The van der Waals surface area contributed by atoms with Gasteiger partial charge in [0.05, 0.1) is 0 Å². The van der Waals surface area contributed by atoms with Crippen LogP contribution in [0.1, 0.15) is 72.1 Å². The highest BCUT2D eigenvalue weighted by molar-refractivity contribution is 5.15. The Hall–Kier alpha value is -0.520. The van der Waals surface area contributed by atoms with E-state index in [2.05, 4.69) is 39.0 Å². The third kappa shape index (κ3) is 11.4. The van der Waals surface area contributed by atoms with Crippen molar-refractivity contribution in [3.8, 4) is 0 Å². The van der Waals surface area contributed by atoms with Crippen LogP contribution in [-0.2, 0) is 0 Å². The van der Waals surface area contributed by atoms with Gasteiger partial charge in [0.25, 0.3) is 0 Å². The predicted octanol–water partition coefficient (Wildman–Crippen LogP) is 5.65. The first-order valence-corrected chi connectivity index (χ1v) is 6.64. The lowest BCUT2D eigenvalue weighted by Gasteiger charge is -1.97. The lowest BCUT2D eigenvalue weighted by atomic mass is 10.1. The Kier molecular flexibility index (Phi) is 11.2. The van der Waals surface area contributed by atoms with Gasteiger partial charge in [-0.05, 0) is 26.2 Å². The first kappa shape index (κ1) is 14.5. The fourth-order valence-electron chi connectivity index (χ4n) is 1.58. The average molecular weight is 208 g/mol. The zero-order chi connectivity index (χ0) is 11.4. The SMILES string of the molecule is CCCC=CC(C)=CCCCCCCC. The third-order valence-corrected chi connectivity index (χ3v) is 2.61. The molecule has 0 aliphatic rings. The van der Waals surface area contributed by atoms with Crippen LogP contribution >= 0.6 is 0 Å². The van der Waals surface area contributed by atoms with E-state index >= 15 is 0 Å². The van der Waals surface area contributed by atoms with Gasteiger partial charge in [-0.1, -0.05) is 69.8 Å². The standard InChI is InChI=1S/C15H28/c1-4-6-8-9-10-12-14-15(3)13-11-7-5-2/h11,13-14H,4-10,12H2,1-3H3. The van der Waals surface area contributed by atoms with Crippen LogP contribution in [0.15, 0.2) is 23.8 Å². The number of allylic oxidation sites excluding steroid dienone is 4. The molecule has 0 saturated heterocycles. The van der Waals surface area contributed by atoms with Gasteiger partial charge in [0.15, 0.2) is 0 Å². The topological polar surface area (TPSA) is 0 Å². The Bertz CT molecular complexity index is 174. The summed E-state index contributed by atoms with van der Waals surface area (Å²) in [6.07, 6.45) is 17.5. The number of hydrogen-bond acceptors (Lipinski definition) is 0. The van der Waals surface area contributed by atoms with Gasteiger partial charge >= 0.3 is 0 Å². The maximum absolute atomic E-state index is 2.37. The van der Waals surface area contributed by atoms with Crippen LogP contribution in [0, 0.1) is 0 Å². The Morgan fingerprint density at radius 3 is 2.27 bits per heavy atom.